The van der Waals surface area contributed by atoms with Crippen LogP contribution in [-0.4, -0.2) is 101 Å². The SMILES string of the molecule is BrCc1ccccc1.CC.CCC/C=C/B1OC(C)(C)C(C)(C)O1.CCC/C=C/c1cc(/C=C/CCC)c(OCc2ccccc2)c(CC(=O)OC)c1.CO.COC(=O)Cc1cc(Br)cc(Br)c1O.COC(=O)Cc1cc(Br)cc(Br)c1OCc1ccccc1.N#CCc1cc(Br)cc(Br)c1O.O=C(O)Cc1cc(Br)cc(Br)c1O.Oc1c(Br)cc(Br)cc1CBr.[C-]#N.[Na+]. The van der Waals surface area contributed by atoms with Gasteiger partial charge < -0.3 is 75.5 Å². The van der Waals surface area contributed by atoms with Gasteiger partial charge in [0, 0.05) is 79.1 Å². The molecule has 9 aromatic rings. The Morgan fingerprint density at radius 1 is 0.442 bits per heavy atom. The van der Waals surface area contributed by atoms with Gasteiger partial charge in [-0.05, 0) is 222 Å². The molecular weight excluding hydrogens is 2450 g/mol. The van der Waals surface area contributed by atoms with Crippen molar-refractivity contribution >= 4 is 234 Å². The van der Waals surface area contributed by atoms with Crippen LogP contribution in [-0.2, 0) is 98.7 Å². The molecule has 6 N–H and O–H groups in total. The molecule has 1 saturated heterocycles. The van der Waals surface area contributed by atoms with E-state index >= 15 is 0 Å². The summed E-state index contributed by atoms with van der Waals surface area (Å²) < 4.78 is 45.2. The van der Waals surface area contributed by atoms with Gasteiger partial charge in [0.1, 0.15) is 47.7 Å². The first-order chi connectivity index (χ1) is 60.9. The number of halogens is 12. The molecule has 19 nitrogen and oxygen atoms in total. The van der Waals surface area contributed by atoms with Crippen LogP contribution in [0.2, 0.25) is 0 Å². The summed E-state index contributed by atoms with van der Waals surface area (Å²) in [5.74, 6) is 1.98. The van der Waals surface area contributed by atoms with Crippen LogP contribution in [0.4, 0.5) is 0 Å². The molecule has 0 aromatic heterocycles. The van der Waals surface area contributed by atoms with Crippen molar-refractivity contribution in [3.05, 3.63) is 300 Å². The first-order valence-electron chi connectivity index (χ1n) is 39.6. The molecule has 1 aliphatic rings. The second-order valence-electron chi connectivity index (χ2n) is 27.2. The number of alkyl halides is 2. The summed E-state index contributed by atoms with van der Waals surface area (Å²) in [4.78, 5) is 45.0. The Balaban J connectivity index is 0. The number of allylic oxidation sites excluding steroid dienone is 3. The molecule has 10 rings (SSSR count). The summed E-state index contributed by atoms with van der Waals surface area (Å²) in [5.41, 5.74) is 9.14. The van der Waals surface area contributed by atoms with Crippen molar-refractivity contribution in [1.82, 2.24) is 0 Å². The van der Waals surface area contributed by atoms with Gasteiger partial charge in [-0.2, -0.15) is 5.26 Å². The molecule has 33 heteroatoms. The van der Waals surface area contributed by atoms with Crippen LogP contribution in [0, 0.1) is 23.2 Å². The summed E-state index contributed by atoms with van der Waals surface area (Å²) >= 11 is 39.3. The molecule has 0 aliphatic carbocycles. The van der Waals surface area contributed by atoms with Crippen LogP contribution in [0.15, 0.2) is 233 Å². The Morgan fingerprint density at radius 2 is 0.767 bits per heavy atom. The minimum absolute atomic E-state index is 0. The number of carbonyl (C=O) groups excluding carboxylic acids is 3. The van der Waals surface area contributed by atoms with E-state index in [1.54, 1.807) is 36.4 Å². The summed E-state index contributed by atoms with van der Waals surface area (Å²) in [6.45, 7) is 24.4. The summed E-state index contributed by atoms with van der Waals surface area (Å²) in [7, 11) is 4.93. The number of ether oxygens (including phenoxy) is 5. The predicted molar refractivity (Wildman–Crippen MR) is 556 cm³/mol. The van der Waals surface area contributed by atoms with Crippen molar-refractivity contribution in [2.45, 2.75) is 168 Å². The van der Waals surface area contributed by atoms with E-state index in [-0.39, 0.29) is 115 Å². The number of phenols is 4. The van der Waals surface area contributed by atoms with Crippen LogP contribution in [0.1, 0.15) is 162 Å². The quantitative estimate of drug-likeness (QED) is 0.00965. The Morgan fingerprint density at radius 3 is 1.14 bits per heavy atom. The number of carboxylic acids is 1. The molecule has 0 bridgehead atoms. The van der Waals surface area contributed by atoms with E-state index in [4.69, 9.17) is 55.6 Å². The molecule has 0 amide bonds. The van der Waals surface area contributed by atoms with E-state index in [2.05, 4.69) is 293 Å². The van der Waals surface area contributed by atoms with Gasteiger partial charge in [0.15, 0.2) is 0 Å². The van der Waals surface area contributed by atoms with Crippen molar-refractivity contribution < 1.29 is 112 Å². The van der Waals surface area contributed by atoms with Crippen molar-refractivity contribution in [1.29, 1.82) is 10.5 Å². The number of aromatic hydroxyl groups is 4. The van der Waals surface area contributed by atoms with Crippen LogP contribution >= 0.6 is 191 Å². The number of unbranched alkanes of at least 4 members (excludes halogenated alkanes) is 3. The molecule has 692 valence electrons. The Bertz CT molecular complexity index is 4980. The first kappa shape index (κ1) is 126. The number of aliphatic hydroxyl groups excluding tert-OH is 1. The van der Waals surface area contributed by atoms with Gasteiger partial charge in [-0.3, -0.25) is 19.2 Å². The number of hydrogen-bond donors (Lipinski definition) is 6. The van der Waals surface area contributed by atoms with Crippen LogP contribution < -0.4 is 39.0 Å². The molecule has 0 atom stereocenters. The van der Waals surface area contributed by atoms with E-state index < -0.39 is 5.97 Å². The Kier molecular flexibility index (Phi) is 70.1. The molecule has 129 heavy (non-hydrogen) atoms. The molecule has 9 aromatic carbocycles. The van der Waals surface area contributed by atoms with Crippen molar-refractivity contribution in [2.24, 2.45) is 0 Å². The van der Waals surface area contributed by atoms with Gasteiger partial charge in [-0.15, -0.1) is 0 Å². The van der Waals surface area contributed by atoms with E-state index in [0.717, 1.165) is 122 Å². The number of nitriles is 1. The number of esters is 3. The maximum atomic E-state index is 12.0. The standard InChI is InChI=1S/C26H32O3.C16H14Br2O3.C11H21BO2.C9H8Br2O3.C8H5Br2NO.C8H6Br2O3.C7H5Br3O.C7H7Br.C2H6.CN.CH4O.Na/c1-4-6-9-15-22-17-23(16-10-7-5-2)26(24(18-22)19-25(27)28-3)29-20-21-13-11-8-12-14-21;1-20-15(19)8-12-7-13(17)9-14(18)16(12)21-10-11-5-3-2-4-6-11;1-6-7-8-9-12-13-10(2,3)11(4,5)14-12;1-14-8(12)3-5-2-6(10)4-7(11)9(5)13;9-6-3-5(1-2-11)8(12)7(10)4-6;9-5-1-4(2-7(11)12)8(13)6(10)3-5;8-3-4-1-5(9)2-6(10)7(4)11;8-6-7-4-2-1-3-5-7;3*1-2;/h8-18H,4-7,19-20H2,1-3H3;2-7,9H,8,10H2,1H3;8-9H,6-7H2,1-5H3;2,4,13H,3H2,1H3;3-4,12H,1H2;1,3,13H,2H2,(H,11,12);1-2,11H,3H2;1-5H,6H2;1-2H3;;2H,1H3;/q;;;;;;;;;-1;;+1/b15-9+,16-10+;;9-8+;;;;;;;;;. The molecule has 1 heterocycles. The number of carboxylic acid groups (broad SMARTS) is 1. The number of methoxy groups -OCH3 is 3. The predicted octanol–water partition coefficient (Wildman–Crippen LogP) is 26.4. The summed E-state index contributed by atoms with van der Waals surface area (Å²) in [6.07, 6.45) is 17.6. The third kappa shape index (κ3) is 50.6. The van der Waals surface area contributed by atoms with Crippen molar-refractivity contribution in [2.75, 3.05) is 28.4 Å². The van der Waals surface area contributed by atoms with Gasteiger partial charge in [0.05, 0.1) is 93.1 Å². The topological polar surface area (TPSA) is 302 Å². The maximum Gasteiger partial charge on any atom is 1.00 e. The minimum Gasteiger partial charge on any atom is -0.512 e. The maximum absolute atomic E-state index is 12.0. The first-order valence-corrected chi connectivity index (χ1v) is 49.7. The summed E-state index contributed by atoms with van der Waals surface area (Å²) in [6, 6.07) is 53.8. The number of aliphatic hydroxyl groups is 1. The van der Waals surface area contributed by atoms with E-state index in [9.17, 15) is 39.6 Å². The van der Waals surface area contributed by atoms with Gasteiger partial charge in [0.25, 0.3) is 0 Å². The molecule has 0 spiro atoms. The molecule has 0 unspecified atom stereocenters. The van der Waals surface area contributed by atoms with Crippen molar-refractivity contribution in [3.63, 3.8) is 0 Å². The Hall–Kier alpha value is -5.44. The fraction of sp³-hybridized carbons (Fsp3) is 0.312. The van der Waals surface area contributed by atoms with Gasteiger partial charge in [0.2, 0.25) is 0 Å². The van der Waals surface area contributed by atoms with Crippen molar-refractivity contribution in [3.8, 4) is 40.6 Å². The second kappa shape index (κ2) is 72.0. The molecule has 0 saturated carbocycles. The second-order valence-corrected chi connectivity index (χ2v) is 37.2. The fourth-order valence-corrected chi connectivity index (χ4v) is 17.7. The third-order valence-electron chi connectivity index (χ3n) is 17.2. The number of carbonyl (C=O) groups is 4. The molecule has 1 aliphatic heterocycles. The van der Waals surface area contributed by atoms with E-state index in [0.29, 0.717) is 64.6 Å². The minimum atomic E-state index is -0.972. The average molecular weight is 2550 g/mol. The van der Waals surface area contributed by atoms with Gasteiger partial charge >= 0.3 is 60.6 Å². The molecule has 0 radical (unpaired) electrons. The number of hydrogen-bond acceptors (Lipinski definition) is 18. The zero-order valence-corrected chi connectivity index (χ0v) is 95.4. The average Bonchev–Trinajstić information content (AvgIpc) is 1.64. The smallest absolute Gasteiger partial charge is 0.512 e. The number of rotatable bonds is 26. The Labute approximate surface area is 884 Å². The fourth-order valence-electron chi connectivity index (χ4n) is 10.2. The number of phenolic OH excluding ortho intramolecular Hbond substituents is 4. The molecule has 1 fully saturated rings. The van der Waals surface area contributed by atoms with E-state index in [1.807, 2.05) is 135 Å². The van der Waals surface area contributed by atoms with E-state index in [1.165, 1.54) is 26.9 Å². The zero-order chi connectivity index (χ0) is 97.1. The molecular formula is C96H108BBr12N2NaO17. The van der Waals surface area contributed by atoms with Crippen LogP contribution in [0.3, 0.4) is 0 Å². The summed E-state index contributed by atoms with van der Waals surface area (Å²) in [5, 5.41) is 69.7. The number of nitrogens with zero attached hydrogens (tertiary/aromatic N) is 2. The third-order valence-corrected chi connectivity index (χ3v) is 23.7. The van der Waals surface area contributed by atoms with Gasteiger partial charge in [-0.1, -0.05) is 293 Å². The van der Waals surface area contributed by atoms with Crippen LogP contribution in [0.5, 0.6) is 34.5 Å². The normalized spacial score (nSPS) is 11.4. The number of benzene rings is 9. The largest absolute Gasteiger partial charge is 1.00 e. The zero-order valence-electron chi connectivity index (χ0n) is 74.3. The monoisotopic (exact) mass is 2540 g/mol. The van der Waals surface area contributed by atoms with Gasteiger partial charge in [-0.25, -0.2) is 0 Å². The number of aliphatic carboxylic acids is 1. The van der Waals surface area contributed by atoms with Crippen LogP contribution in [0.25, 0.3) is 12.2 Å².